The predicted octanol–water partition coefficient (Wildman–Crippen LogP) is 7.33. The Balaban J connectivity index is 2.66. The van der Waals surface area contributed by atoms with Gasteiger partial charge in [-0.3, -0.25) is 0 Å². The van der Waals surface area contributed by atoms with Crippen LogP contribution < -0.4 is 0 Å². The minimum Gasteiger partial charge on any atom is -0.508 e. The van der Waals surface area contributed by atoms with Crippen LogP contribution in [0.5, 0.6) is 11.5 Å². The SMILES string of the molecule is CCCCc1cc(O)c(C)cc1C(CCC)c1c(CCCC)ccc(C)c1O. The maximum Gasteiger partial charge on any atom is 0.122 e. The van der Waals surface area contributed by atoms with Gasteiger partial charge >= 0.3 is 0 Å². The standard InChI is InChI=1S/C26H38O2/c1-6-9-12-20-15-14-18(4)26(28)25(20)22(11-8-3)23-16-19(5)24(27)17-21(23)13-10-7-2/h14-17,22,27-28H,6-13H2,1-5H3. The predicted molar refractivity (Wildman–Crippen MR) is 120 cm³/mol. The first-order valence-corrected chi connectivity index (χ1v) is 11.1. The average molecular weight is 383 g/mol. The van der Waals surface area contributed by atoms with Crippen LogP contribution in [0.1, 0.15) is 98.6 Å². The molecule has 0 aliphatic rings. The van der Waals surface area contributed by atoms with E-state index in [4.69, 9.17) is 0 Å². The molecule has 28 heavy (non-hydrogen) atoms. The highest BCUT2D eigenvalue weighted by Crippen LogP contribution is 2.42. The Bertz CT molecular complexity index is 776. The van der Waals surface area contributed by atoms with Crippen molar-refractivity contribution in [2.45, 2.75) is 91.9 Å². The van der Waals surface area contributed by atoms with Crippen molar-refractivity contribution in [2.75, 3.05) is 0 Å². The lowest BCUT2D eigenvalue weighted by Crippen LogP contribution is -2.10. The van der Waals surface area contributed by atoms with Gasteiger partial charge < -0.3 is 10.2 Å². The fraction of sp³-hybridized carbons (Fsp3) is 0.538. The van der Waals surface area contributed by atoms with Crippen LogP contribution in [0.4, 0.5) is 0 Å². The highest BCUT2D eigenvalue weighted by Gasteiger charge is 2.24. The van der Waals surface area contributed by atoms with E-state index >= 15 is 0 Å². The van der Waals surface area contributed by atoms with Gasteiger partial charge in [-0.1, -0.05) is 58.2 Å². The smallest absolute Gasteiger partial charge is 0.122 e. The maximum atomic E-state index is 11.1. The second-order valence-corrected chi connectivity index (χ2v) is 8.19. The van der Waals surface area contributed by atoms with Gasteiger partial charge in [0.1, 0.15) is 11.5 Å². The van der Waals surface area contributed by atoms with Crippen molar-refractivity contribution in [2.24, 2.45) is 0 Å². The molecular weight excluding hydrogens is 344 g/mol. The number of benzene rings is 2. The lowest BCUT2D eigenvalue weighted by molar-refractivity contribution is 0.455. The van der Waals surface area contributed by atoms with Crippen LogP contribution in [-0.2, 0) is 12.8 Å². The van der Waals surface area contributed by atoms with Gasteiger partial charge in [-0.2, -0.15) is 0 Å². The molecule has 1 atom stereocenters. The molecule has 0 fully saturated rings. The molecular formula is C26H38O2. The molecule has 2 nitrogen and oxygen atoms in total. The zero-order chi connectivity index (χ0) is 20.7. The van der Waals surface area contributed by atoms with Crippen molar-refractivity contribution in [3.63, 3.8) is 0 Å². The molecule has 154 valence electrons. The largest absolute Gasteiger partial charge is 0.508 e. The fourth-order valence-corrected chi connectivity index (χ4v) is 4.15. The van der Waals surface area contributed by atoms with E-state index in [9.17, 15) is 10.2 Å². The Morgan fingerprint density at radius 3 is 2.04 bits per heavy atom. The molecule has 0 heterocycles. The molecule has 1 unspecified atom stereocenters. The van der Waals surface area contributed by atoms with Gasteiger partial charge in [-0.15, -0.1) is 0 Å². The molecule has 0 spiro atoms. The first-order chi connectivity index (χ1) is 13.4. The van der Waals surface area contributed by atoms with Crippen LogP contribution in [-0.4, -0.2) is 10.2 Å². The van der Waals surface area contributed by atoms with Crippen molar-refractivity contribution < 1.29 is 10.2 Å². The summed E-state index contributed by atoms with van der Waals surface area (Å²) in [7, 11) is 0. The summed E-state index contributed by atoms with van der Waals surface area (Å²) >= 11 is 0. The lowest BCUT2D eigenvalue weighted by Gasteiger charge is -2.26. The van der Waals surface area contributed by atoms with E-state index in [0.29, 0.717) is 11.5 Å². The number of aromatic hydroxyl groups is 2. The number of rotatable bonds is 10. The lowest BCUT2D eigenvalue weighted by atomic mass is 9.79. The molecule has 2 aromatic carbocycles. The highest BCUT2D eigenvalue weighted by molar-refractivity contribution is 5.53. The van der Waals surface area contributed by atoms with Gasteiger partial charge in [0, 0.05) is 11.5 Å². The van der Waals surface area contributed by atoms with Gasteiger partial charge in [0.05, 0.1) is 0 Å². The minimum atomic E-state index is 0.169. The second kappa shape index (κ2) is 10.5. The molecule has 0 saturated carbocycles. The van der Waals surface area contributed by atoms with Crippen LogP contribution in [0.3, 0.4) is 0 Å². The normalized spacial score (nSPS) is 12.3. The van der Waals surface area contributed by atoms with Crippen molar-refractivity contribution in [3.8, 4) is 11.5 Å². The third-order valence-corrected chi connectivity index (χ3v) is 5.87. The molecule has 0 aromatic heterocycles. The Hall–Kier alpha value is -1.96. The van der Waals surface area contributed by atoms with Gasteiger partial charge in [-0.25, -0.2) is 0 Å². The first-order valence-electron chi connectivity index (χ1n) is 11.1. The van der Waals surface area contributed by atoms with Gasteiger partial charge in [0.25, 0.3) is 0 Å². The summed E-state index contributed by atoms with van der Waals surface area (Å²) < 4.78 is 0. The summed E-state index contributed by atoms with van der Waals surface area (Å²) in [6.45, 7) is 10.6. The molecule has 2 heteroatoms. The number of hydrogen-bond donors (Lipinski definition) is 2. The summed E-state index contributed by atoms with van der Waals surface area (Å²) in [5.41, 5.74) is 6.75. The molecule has 2 N–H and O–H groups in total. The molecule has 2 aromatic rings. The van der Waals surface area contributed by atoms with E-state index in [0.717, 1.165) is 68.1 Å². The Kier molecular flexibility index (Phi) is 8.41. The van der Waals surface area contributed by atoms with Crippen LogP contribution in [0.15, 0.2) is 24.3 Å². The molecule has 0 amide bonds. The molecule has 0 aliphatic carbocycles. The zero-order valence-electron chi connectivity index (χ0n) is 18.4. The van der Waals surface area contributed by atoms with Crippen molar-refractivity contribution in [1.29, 1.82) is 0 Å². The number of phenols is 2. The fourth-order valence-electron chi connectivity index (χ4n) is 4.15. The third-order valence-electron chi connectivity index (χ3n) is 5.87. The molecule has 0 bridgehead atoms. The van der Waals surface area contributed by atoms with Crippen LogP contribution in [0.2, 0.25) is 0 Å². The number of unbranched alkanes of at least 4 members (excludes halogenated alkanes) is 2. The Morgan fingerprint density at radius 1 is 0.786 bits per heavy atom. The van der Waals surface area contributed by atoms with E-state index < -0.39 is 0 Å². The van der Waals surface area contributed by atoms with Crippen molar-refractivity contribution in [1.82, 2.24) is 0 Å². The minimum absolute atomic E-state index is 0.169. The molecule has 2 rings (SSSR count). The first kappa shape index (κ1) is 22.3. The summed E-state index contributed by atoms with van der Waals surface area (Å²) in [6, 6.07) is 8.38. The van der Waals surface area contributed by atoms with Gasteiger partial charge in [-0.05, 0) is 79.8 Å². The summed E-state index contributed by atoms with van der Waals surface area (Å²) in [5, 5.41) is 21.4. The number of phenolic OH excluding ortho intramolecular Hbond substituents is 2. The van der Waals surface area contributed by atoms with Crippen LogP contribution >= 0.6 is 0 Å². The van der Waals surface area contributed by atoms with E-state index in [1.54, 1.807) is 0 Å². The van der Waals surface area contributed by atoms with Crippen molar-refractivity contribution in [3.05, 3.63) is 57.6 Å². The maximum absolute atomic E-state index is 11.1. The third kappa shape index (κ3) is 5.10. The van der Waals surface area contributed by atoms with E-state index in [2.05, 4.69) is 32.9 Å². The van der Waals surface area contributed by atoms with E-state index in [1.165, 1.54) is 16.7 Å². The quantitative estimate of drug-likeness (QED) is 0.451. The summed E-state index contributed by atoms with van der Waals surface area (Å²) in [6.07, 6.45) is 8.54. The van der Waals surface area contributed by atoms with Crippen molar-refractivity contribution >= 4 is 0 Å². The zero-order valence-corrected chi connectivity index (χ0v) is 18.4. The van der Waals surface area contributed by atoms with E-state index in [-0.39, 0.29) is 5.92 Å². The Morgan fingerprint density at radius 2 is 1.43 bits per heavy atom. The van der Waals surface area contributed by atoms with Gasteiger partial charge in [0.15, 0.2) is 0 Å². The second-order valence-electron chi connectivity index (χ2n) is 8.19. The average Bonchev–Trinajstić information content (AvgIpc) is 2.68. The number of hydrogen-bond acceptors (Lipinski definition) is 2. The van der Waals surface area contributed by atoms with Gasteiger partial charge in [0.2, 0.25) is 0 Å². The van der Waals surface area contributed by atoms with Crippen LogP contribution in [0.25, 0.3) is 0 Å². The monoisotopic (exact) mass is 382 g/mol. The topological polar surface area (TPSA) is 40.5 Å². The number of aryl methyl sites for hydroxylation is 4. The molecule has 0 aliphatic heterocycles. The molecule has 0 saturated heterocycles. The van der Waals surface area contributed by atoms with E-state index in [1.807, 2.05) is 26.0 Å². The summed E-state index contributed by atoms with van der Waals surface area (Å²) in [5.74, 6) is 1.01. The Labute approximate surface area is 171 Å². The van der Waals surface area contributed by atoms with Crippen LogP contribution in [0, 0.1) is 13.8 Å². The summed E-state index contributed by atoms with van der Waals surface area (Å²) in [4.78, 5) is 0. The highest BCUT2D eigenvalue weighted by atomic mass is 16.3. The molecule has 0 radical (unpaired) electrons.